The van der Waals surface area contributed by atoms with E-state index in [4.69, 9.17) is 0 Å². The molecule has 0 spiro atoms. The molecule has 8 heteroatoms. The maximum absolute atomic E-state index is 12.4. The van der Waals surface area contributed by atoms with Gasteiger partial charge in [-0.2, -0.15) is 5.10 Å². The Balaban J connectivity index is 1.56. The first-order valence-corrected chi connectivity index (χ1v) is 8.97. The summed E-state index contributed by atoms with van der Waals surface area (Å²) in [6.45, 7) is 9.91. The molecular weight excluding hydrogens is 326 g/mol. The van der Waals surface area contributed by atoms with Crippen LogP contribution in [0.5, 0.6) is 0 Å². The van der Waals surface area contributed by atoms with Crippen LogP contribution in [-0.2, 0) is 11.3 Å². The number of aliphatic imine (C=N–C) groups is 1. The van der Waals surface area contributed by atoms with Crippen molar-refractivity contribution in [3.8, 4) is 0 Å². The van der Waals surface area contributed by atoms with Gasteiger partial charge >= 0.3 is 0 Å². The third kappa shape index (κ3) is 3.80. The molecule has 3 heterocycles. The number of aromatic nitrogens is 2. The number of hydrogen-bond acceptors (Lipinski definition) is 6. The van der Waals surface area contributed by atoms with Crippen molar-refractivity contribution in [1.29, 1.82) is 0 Å². The number of rotatable bonds is 2. The Morgan fingerprint density at radius 3 is 2.58 bits per heavy atom. The van der Waals surface area contributed by atoms with E-state index >= 15 is 0 Å². The lowest BCUT2D eigenvalue weighted by atomic mass is 10.2. The topological polar surface area (TPSA) is 70.8 Å². The second kappa shape index (κ2) is 6.58. The summed E-state index contributed by atoms with van der Waals surface area (Å²) in [6.07, 6.45) is 0. The molecule has 1 saturated heterocycles. The Bertz CT molecular complexity index is 719. The maximum atomic E-state index is 12.4. The van der Waals surface area contributed by atoms with E-state index in [0.717, 1.165) is 30.5 Å². The molecule has 24 heavy (non-hydrogen) atoms. The third-order valence-corrected chi connectivity index (χ3v) is 5.40. The molecule has 1 fully saturated rings. The van der Waals surface area contributed by atoms with E-state index in [0.29, 0.717) is 13.1 Å². The van der Waals surface area contributed by atoms with Gasteiger partial charge in [0.05, 0.1) is 12.2 Å². The number of amidine groups is 1. The normalized spacial score (nSPS) is 20.2. The molecule has 1 amide bonds. The number of amides is 1. The Hall–Kier alpha value is -1.83. The van der Waals surface area contributed by atoms with Crippen LogP contribution in [0.1, 0.15) is 19.5 Å². The van der Waals surface area contributed by atoms with Gasteiger partial charge in [-0.05, 0) is 26.8 Å². The van der Waals surface area contributed by atoms with E-state index in [-0.39, 0.29) is 22.8 Å². The first-order valence-electron chi connectivity index (χ1n) is 8.15. The van der Waals surface area contributed by atoms with Crippen LogP contribution < -0.4 is 5.56 Å². The molecule has 7 nitrogen and oxygen atoms in total. The second-order valence-corrected chi connectivity index (χ2v) is 8.47. The van der Waals surface area contributed by atoms with Gasteiger partial charge in [-0.15, -0.1) is 0 Å². The average molecular weight is 349 g/mol. The Kier molecular flexibility index (Phi) is 4.67. The molecule has 0 unspecified atom stereocenters. The fraction of sp³-hybridized carbons (Fsp3) is 0.625. The van der Waals surface area contributed by atoms with Crippen LogP contribution in [0, 0.1) is 6.92 Å². The van der Waals surface area contributed by atoms with Crippen LogP contribution >= 0.6 is 11.8 Å². The molecule has 0 atom stereocenters. The summed E-state index contributed by atoms with van der Waals surface area (Å²) in [7, 11) is 0. The predicted molar refractivity (Wildman–Crippen MR) is 95.4 cm³/mol. The summed E-state index contributed by atoms with van der Waals surface area (Å²) in [4.78, 5) is 32.9. The molecule has 0 N–H and O–H groups in total. The van der Waals surface area contributed by atoms with Gasteiger partial charge in [0.15, 0.2) is 5.17 Å². The van der Waals surface area contributed by atoms with Crippen molar-refractivity contribution in [2.24, 2.45) is 4.99 Å². The summed E-state index contributed by atoms with van der Waals surface area (Å²) < 4.78 is 1.41. The Morgan fingerprint density at radius 1 is 1.25 bits per heavy atom. The predicted octanol–water partition coefficient (Wildman–Crippen LogP) is 0.577. The minimum Gasteiger partial charge on any atom is -0.348 e. The standard InChI is InChI=1S/C16H23N5O2S/c1-12-4-5-13(22)21(18-12)10-14(23)19-6-8-20(9-7-19)15-17-11-16(2,3)24-15/h4-5H,6-11H2,1-3H3. The fourth-order valence-electron chi connectivity index (χ4n) is 2.77. The van der Waals surface area contributed by atoms with Gasteiger partial charge in [-0.25, -0.2) is 4.68 Å². The highest BCUT2D eigenvalue weighted by molar-refractivity contribution is 8.15. The van der Waals surface area contributed by atoms with E-state index in [2.05, 4.69) is 28.8 Å². The third-order valence-electron chi connectivity index (χ3n) is 4.15. The van der Waals surface area contributed by atoms with E-state index in [9.17, 15) is 9.59 Å². The molecule has 1 aromatic heterocycles. The zero-order valence-corrected chi connectivity index (χ0v) is 15.2. The van der Waals surface area contributed by atoms with Crippen LogP contribution in [0.25, 0.3) is 0 Å². The molecule has 0 aliphatic carbocycles. The lowest BCUT2D eigenvalue weighted by Crippen LogP contribution is -2.51. The summed E-state index contributed by atoms with van der Waals surface area (Å²) in [6, 6.07) is 3.11. The number of piperazine rings is 1. The van der Waals surface area contributed by atoms with Gasteiger partial charge in [0.25, 0.3) is 5.56 Å². The molecule has 0 bridgehead atoms. The smallest absolute Gasteiger partial charge is 0.267 e. The van der Waals surface area contributed by atoms with Gasteiger partial charge < -0.3 is 9.80 Å². The van der Waals surface area contributed by atoms with Crippen molar-refractivity contribution in [3.05, 3.63) is 28.2 Å². The van der Waals surface area contributed by atoms with Crippen LogP contribution in [0.4, 0.5) is 0 Å². The maximum Gasteiger partial charge on any atom is 0.267 e. The van der Waals surface area contributed by atoms with E-state index in [1.807, 2.05) is 11.8 Å². The van der Waals surface area contributed by atoms with Crippen molar-refractivity contribution < 1.29 is 4.79 Å². The fourth-order valence-corrected chi connectivity index (χ4v) is 3.84. The van der Waals surface area contributed by atoms with Gasteiger partial charge in [-0.3, -0.25) is 14.6 Å². The first-order chi connectivity index (χ1) is 11.3. The molecule has 0 radical (unpaired) electrons. The summed E-state index contributed by atoms with van der Waals surface area (Å²) in [5.74, 6) is -0.0591. The number of aryl methyl sites for hydroxylation is 1. The molecule has 3 rings (SSSR count). The van der Waals surface area contributed by atoms with Crippen LogP contribution in [0.2, 0.25) is 0 Å². The van der Waals surface area contributed by atoms with Crippen LogP contribution in [0.3, 0.4) is 0 Å². The lowest BCUT2D eigenvalue weighted by Gasteiger charge is -2.36. The Labute approximate surface area is 145 Å². The zero-order chi connectivity index (χ0) is 17.3. The second-order valence-electron chi connectivity index (χ2n) is 6.80. The molecule has 2 aliphatic heterocycles. The molecule has 2 aliphatic rings. The SMILES string of the molecule is Cc1ccc(=O)n(CC(=O)N2CCN(C3=NCC(C)(C)S3)CC2)n1. The highest BCUT2D eigenvalue weighted by Crippen LogP contribution is 2.33. The monoisotopic (exact) mass is 349 g/mol. The summed E-state index contributed by atoms with van der Waals surface area (Å²) >= 11 is 1.81. The van der Waals surface area contributed by atoms with Crippen LogP contribution in [0.15, 0.2) is 21.9 Å². The number of hydrogen-bond donors (Lipinski definition) is 0. The molecule has 0 saturated carbocycles. The molecular formula is C16H23N5O2S. The number of carbonyl (C=O) groups is 1. The minimum absolute atomic E-state index is 0.00322. The highest BCUT2D eigenvalue weighted by atomic mass is 32.2. The molecule has 1 aromatic rings. The van der Waals surface area contributed by atoms with Crippen molar-refractivity contribution in [3.63, 3.8) is 0 Å². The van der Waals surface area contributed by atoms with Crippen molar-refractivity contribution in [1.82, 2.24) is 19.6 Å². The summed E-state index contributed by atoms with van der Waals surface area (Å²) in [5.41, 5.74) is 0.484. The van der Waals surface area contributed by atoms with Crippen molar-refractivity contribution >= 4 is 22.8 Å². The average Bonchev–Trinajstić information content (AvgIpc) is 2.91. The van der Waals surface area contributed by atoms with Crippen LogP contribution in [-0.4, -0.2) is 68.1 Å². The van der Waals surface area contributed by atoms with Gasteiger partial charge in [0, 0.05) is 37.0 Å². The van der Waals surface area contributed by atoms with Crippen molar-refractivity contribution in [2.45, 2.75) is 32.1 Å². The Morgan fingerprint density at radius 2 is 1.96 bits per heavy atom. The molecule has 130 valence electrons. The number of thioether (sulfide) groups is 1. The zero-order valence-electron chi connectivity index (χ0n) is 14.4. The van der Waals surface area contributed by atoms with Gasteiger partial charge in [0.1, 0.15) is 6.54 Å². The summed E-state index contributed by atoms with van der Waals surface area (Å²) in [5, 5.41) is 5.21. The highest BCUT2D eigenvalue weighted by Gasteiger charge is 2.32. The van der Waals surface area contributed by atoms with E-state index in [1.165, 1.54) is 10.7 Å². The van der Waals surface area contributed by atoms with E-state index in [1.54, 1.807) is 17.9 Å². The number of nitrogens with zero attached hydrogens (tertiary/aromatic N) is 5. The largest absolute Gasteiger partial charge is 0.348 e. The van der Waals surface area contributed by atoms with Crippen molar-refractivity contribution in [2.75, 3.05) is 32.7 Å². The first kappa shape index (κ1) is 17.0. The minimum atomic E-state index is -0.244. The molecule has 0 aromatic carbocycles. The van der Waals surface area contributed by atoms with Gasteiger partial charge in [0.2, 0.25) is 5.91 Å². The number of carbonyl (C=O) groups excluding carboxylic acids is 1. The lowest BCUT2D eigenvalue weighted by molar-refractivity contribution is -0.133. The van der Waals surface area contributed by atoms with E-state index < -0.39 is 0 Å². The van der Waals surface area contributed by atoms with Gasteiger partial charge in [-0.1, -0.05) is 11.8 Å². The quantitative estimate of drug-likeness (QED) is 0.781.